The van der Waals surface area contributed by atoms with E-state index in [1.165, 1.54) is 0 Å². The van der Waals surface area contributed by atoms with Gasteiger partial charge in [-0.2, -0.15) is 0 Å². The predicted octanol–water partition coefficient (Wildman–Crippen LogP) is -0.149. The molecule has 0 heterocycles. The van der Waals surface area contributed by atoms with Gasteiger partial charge in [0.1, 0.15) is 22.7 Å². The van der Waals surface area contributed by atoms with Gasteiger partial charge < -0.3 is 5.26 Å². The van der Waals surface area contributed by atoms with Crippen molar-refractivity contribution in [1.29, 1.82) is 0 Å². The molecule has 0 aromatic heterocycles. The highest BCUT2D eigenvalue weighted by Crippen LogP contribution is 1.91. The standard InChI is InChI=1S/C4H10O2S/c1-3-7(4-2)6-5/h3-4H2,1-2H3. The number of hydrogen-bond acceptors (Lipinski definition) is 2. The van der Waals surface area contributed by atoms with Crippen LogP contribution < -0.4 is 5.26 Å². The Hall–Kier alpha value is 0.270. The highest BCUT2D eigenvalue weighted by atomic mass is 32.2. The molecule has 0 amide bonds. The molecule has 0 rings (SSSR count). The Morgan fingerprint density at radius 1 is 1.43 bits per heavy atom. The molecule has 0 fully saturated rings. The Kier molecular flexibility index (Phi) is 4.60. The van der Waals surface area contributed by atoms with Crippen molar-refractivity contribution >= 4 is 11.2 Å². The molecule has 44 valence electrons. The smallest absolute Gasteiger partial charge is 0.137 e. The second kappa shape index (κ2) is 4.43. The Labute approximate surface area is 47.0 Å². The molecular weight excluding hydrogens is 112 g/mol. The van der Waals surface area contributed by atoms with Crippen molar-refractivity contribution < 1.29 is 9.59 Å². The van der Waals surface area contributed by atoms with Crippen molar-refractivity contribution in [2.45, 2.75) is 13.8 Å². The van der Waals surface area contributed by atoms with E-state index in [2.05, 4.69) is 4.33 Å². The summed E-state index contributed by atoms with van der Waals surface area (Å²) in [6.45, 7) is 3.90. The molecule has 0 N–H and O–H groups in total. The molecule has 0 aromatic rings. The molecular formula is C4H10O2S. The summed E-state index contributed by atoms with van der Waals surface area (Å²) in [6, 6.07) is 0. The van der Waals surface area contributed by atoms with Crippen LogP contribution in [0.5, 0.6) is 0 Å². The third-order valence-corrected chi connectivity index (χ3v) is 2.22. The molecule has 3 heteroatoms. The minimum Gasteiger partial charge on any atom is -0.672 e. The zero-order valence-corrected chi connectivity index (χ0v) is 5.46. The number of hydrogen-bond donors (Lipinski definition) is 0. The summed E-state index contributed by atoms with van der Waals surface area (Å²) in [5.74, 6) is 1.69. The second-order valence-corrected chi connectivity index (χ2v) is 3.26. The minimum atomic E-state index is -0.301. The Morgan fingerprint density at radius 3 is 1.86 bits per heavy atom. The van der Waals surface area contributed by atoms with E-state index < -0.39 is 0 Å². The average molecular weight is 122 g/mol. The summed E-state index contributed by atoms with van der Waals surface area (Å²) in [5, 5.41) is 9.60. The first kappa shape index (κ1) is 7.27. The van der Waals surface area contributed by atoms with Crippen molar-refractivity contribution in [1.82, 2.24) is 0 Å². The fourth-order valence-corrected chi connectivity index (χ4v) is 0.901. The van der Waals surface area contributed by atoms with Crippen molar-refractivity contribution in [3.63, 3.8) is 0 Å². The largest absolute Gasteiger partial charge is 0.672 e. The van der Waals surface area contributed by atoms with Gasteiger partial charge in [-0.25, -0.2) is 4.33 Å². The zero-order valence-electron chi connectivity index (χ0n) is 4.64. The molecule has 0 aliphatic carbocycles. The van der Waals surface area contributed by atoms with E-state index in [0.29, 0.717) is 0 Å². The van der Waals surface area contributed by atoms with E-state index in [0.717, 1.165) is 11.5 Å². The molecule has 0 atom stereocenters. The predicted molar refractivity (Wildman–Crippen MR) is 29.5 cm³/mol. The maximum Gasteiger partial charge on any atom is 0.137 e. The first-order valence-electron chi connectivity index (χ1n) is 2.32. The van der Waals surface area contributed by atoms with Gasteiger partial charge in [0.15, 0.2) is 0 Å². The maximum atomic E-state index is 9.60. The van der Waals surface area contributed by atoms with Crippen LogP contribution in [0.2, 0.25) is 0 Å². The van der Waals surface area contributed by atoms with Crippen LogP contribution in [0.4, 0.5) is 0 Å². The monoisotopic (exact) mass is 122 g/mol. The second-order valence-electron chi connectivity index (χ2n) is 1.09. The topological polar surface area (TPSA) is 32.3 Å². The van der Waals surface area contributed by atoms with Gasteiger partial charge >= 0.3 is 0 Å². The summed E-state index contributed by atoms with van der Waals surface area (Å²) in [7, 11) is 0. The maximum absolute atomic E-state index is 9.60. The van der Waals surface area contributed by atoms with Crippen LogP contribution in [0.15, 0.2) is 0 Å². The van der Waals surface area contributed by atoms with Gasteiger partial charge in [0.2, 0.25) is 0 Å². The van der Waals surface area contributed by atoms with Gasteiger partial charge in [0.25, 0.3) is 0 Å². The molecule has 7 heavy (non-hydrogen) atoms. The summed E-state index contributed by atoms with van der Waals surface area (Å²) < 4.78 is 3.83. The fourth-order valence-electron chi connectivity index (χ4n) is 0.300. The minimum absolute atomic E-state index is 0.301. The lowest BCUT2D eigenvalue weighted by Gasteiger charge is -2.02. The van der Waals surface area contributed by atoms with Crippen molar-refractivity contribution in [2.75, 3.05) is 11.5 Å². The summed E-state index contributed by atoms with van der Waals surface area (Å²) in [5.41, 5.74) is 0. The molecule has 0 bridgehead atoms. The van der Waals surface area contributed by atoms with Gasteiger partial charge in [-0.05, 0) is 13.8 Å². The lowest BCUT2D eigenvalue weighted by atomic mass is 11.0. The Morgan fingerprint density at radius 2 is 1.86 bits per heavy atom. The van der Waals surface area contributed by atoms with Crippen molar-refractivity contribution in [3.8, 4) is 0 Å². The zero-order chi connectivity index (χ0) is 5.70. The van der Waals surface area contributed by atoms with Crippen LogP contribution in [0.25, 0.3) is 0 Å². The first-order chi connectivity index (χ1) is 3.35. The van der Waals surface area contributed by atoms with Gasteiger partial charge in [0.05, 0.1) is 0 Å². The molecule has 0 aliphatic rings. The highest BCUT2D eigenvalue weighted by molar-refractivity contribution is 7.92. The summed E-state index contributed by atoms with van der Waals surface area (Å²) in [6.07, 6.45) is 0. The molecule has 0 aliphatic heterocycles. The molecule has 0 spiro atoms. The van der Waals surface area contributed by atoms with E-state index in [1.54, 1.807) is 0 Å². The quantitative estimate of drug-likeness (QED) is 0.296. The van der Waals surface area contributed by atoms with Gasteiger partial charge in [-0.3, -0.25) is 0 Å². The molecule has 0 aromatic carbocycles. The van der Waals surface area contributed by atoms with E-state index in [1.807, 2.05) is 13.8 Å². The molecule has 2 nitrogen and oxygen atoms in total. The van der Waals surface area contributed by atoms with Crippen molar-refractivity contribution in [2.24, 2.45) is 0 Å². The summed E-state index contributed by atoms with van der Waals surface area (Å²) >= 11 is -0.301. The molecule has 0 saturated heterocycles. The normalized spacial score (nSPS) is 10.3. The lowest BCUT2D eigenvalue weighted by Crippen LogP contribution is -2.19. The SMILES string of the molecule is CC[S+](CC)O[O-]. The van der Waals surface area contributed by atoms with Crippen LogP contribution in [-0.4, -0.2) is 11.5 Å². The first-order valence-corrected chi connectivity index (χ1v) is 3.81. The van der Waals surface area contributed by atoms with Crippen LogP contribution in [0.3, 0.4) is 0 Å². The van der Waals surface area contributed by atoms with Crippen molar-refractivity contribution in [3.05, 3.63) is 0 Å². The molecule has 0 unspecified atom stereocenters. The van der Waals surface area contributed by atoms with E-state index in [9.17, 15) is 5.26 Å². The fraction of sp³-hybridized carbons (Fsp3) is 1.00. The third-order valence-electron chi connectivity index (χ3n) is 0.740. The third kappa shape index (κ3) is 2.91. The lowest BCUT2D eigenvalue weighted by molar-refractivity contribution is -0.632. The summed E-state index contributed by atoms with van der Waals surface area (Å²) in [4.78, 5) is 0. The van der Waals surface area contributed by atoms with Gasteiger partial charge in [-0.1, -0.05) is 0 Å². The molecule has 0 radical (unpaired) electrons. The van der Waals surface area contributed by atoms with Crippen LogP contribution in [-0.2, 0) is 15.5 Å². The Bertz CT molecular complexity index is 31.2. The van der Waals surface area contributed by atoms with E-state index >= 15 is 0 Å². The van der Waals surface area contributed by atoms with Gasteiger partial charge in [0, 0.05) is 0 Å². The number of rotatable bonds is 3. The van der Waals surface area contributed by atoms with Crippen LogP contribution in [0, 0.1) is 0 Å². The van der Waals surface area contributed by atoms with E-state index in [-0.39, 0.29) is 11.2 Å². The van der Waals surface area contributed by atoms with E-state index in [4.69, 9.17) is 0 Å². The van der Waals surface area contributed by atoms with Gasteiger partial charge in [-0.15, -0.1) is 0 Å². The average Bonchev–Trinajstić information content (AvgIpc) is 1.72. The molecule has 0 saturated carbocycles. The Balaban J connectivity index is 2.99. The van der Waals surface area contributed by atoms with Crippen LogP contribution >= 0.6 is 0 Å². The van der Waals surface area contributed by atoms with Crippen LogP contribution in [0.1, 0.15) is 13.8 Å². The highest BCUT2D eigenvalue weighted by Gasteiger charge is 2.06.